The Morgan fingerprint density at radius 1 is 0.388 bits per heavy atom. The van der Waals surface area contributed by atoms with Gasteiger partial charge in [-0.15, -0.1) is 0 Å². The maximum Gasteiger partial charge on any atom is 0.170 e. The molecule has 0 saturated heterocycles. The minimum absolute atomic E-state index is 0.000155. The van der Waals surface area contributed by atoms with Crippen molar-refractivity contribution in [3.63, 3.8) is 0 Å². The van der Waals surface area contributed by atoms with E-state index in [1.54, 1.807) is 60.7 Å². The van der Waals surface area contributed by atoms with Crippen LogP contribution < -0.4 is 9.47 Å². The van der Waals surface area contributed by atoms with Crippen molar-refractivity contribution < 1.29 is 70.1 Å². The molecule has 6 aromatic rings. The number of hydrogen-bond donors (Lipinski definition) is 10. The molecule has 0 aliphatic carbocycles. The Labute approximate surface area is 469 Å². The molecule has 2 heterocycles. The van der Waals surface area contributed by atoms with Crippen molar-refractivity contribution in [1.29, 1.82) is 0 Å². The van der Waals surface area contributed by atoms with E-state index in [0.717, 1.165) is 61.8 Å². The van der Waals surface area contributed by atoms with Crippen LogP contribution in [0.5, 0.6) is 69.0 Å². The van der Waals surface area contributed by atoms with Crippen LogP contribution in [-0.4, -0.2) is 62.6 Å². The second-order valence-electron chi connectivity index (χ2n) is 21.5. The van der Waals surface area contributed by atoms with Gasteiger partial charge < -0.3 is 60.5 Å². The summed E-state index contributed by atoms with van der Waals surface area (Å²) >= 11 is 0. The molecule has 14 nitrogen and oxygen atoms in total. The minimum atomic E-state index is -0.594. The van der Waals surface area contributed by atoms with Crippen LogP contribution in [0.25, 0.3) is 0 Å². The summed E-state index contributed by atoms with van der Waals surface area (Å²) in [5, 5.41) is 105. The summed E-state index contributed by atoms with van der Waals surface area (Å²) in [7, 11) is 0. The van der Waals surface area contributed by atoms with Gasteiger partial charge >= 0.3 is 0 Å². The van der Waals surface area contributed by atoms with Gasteiger partial charge in [-0.25, -0.2) is 0 Å². The van der Waals surface area contributed by atoms with E-state index in [1.165, 1.54) is 88.5 Å². The highest BCUT2D eigenvalue weighted by Crippen LogP contribution is 2.55. The number of phenols is 10. The number of hydrogen-bond acceptors (Lipinski definition) is 14. The zero-order chi connectivity index (χ0) is 57.3. The first-order chi connectivity index (χ1) is 38.6. The predicted molar refractivity (Wildman–Crippen MR) is 307 cm³/mol. The fourth-order valence-corrected chi connectivity index (χ4v) is 11.2. The number of carbonyl (C=O) groups is 2. The van der Waals surface area contributed by atoms with E-state index in [2.05, 4.69) is 13.8 Å². The molecule has 4 atom stereocenters. The lowest BCUT2D eigenvalue weighted by Gasteiger charge is -2.33. The lowest BCUT2D eigenvalue weighted by Crippen LogP contribution is -2.20. The first-order valence-corrected chi connectivity index (χ1v) is 28.8. The second kappa shape index (κ2) is 28.9. The summed E-state index contributed by atoms with van der Waals surface area (Å²) in [6.45, 7) is 4.40. The molecule has 0 amide bonds. The third-order valence-electron chi connectivity index (χ3n) is 15.6. The standard InChI is InChI=1S/2C33H40O7/c2*1-2-3-4-5-6-7-8-9-10-11-26(36)32-28(38)20-27(37)31(33(32)39)25-19-29(21-12-14-22(34)15-13-21)40-30-18-23(35)16-17-24(25)30/h2*12-18,20,25,29,34-35,37-39H,2-11,19H2,1H3/t2*25-,29-/m11/s1. The van der Waals surface area contributed by atoms with Gasteiger partial charge in [-0.2, -0.15) is 0 Å². The van der Waals surface area contributed by atoms with Gasteiger partial charge in [-0.1, -0.05) is 153 Å². The van der Waals surface area contributed by atoms with E-state index in [0.29, 0.717) is 48.3 Å². The molecule has 0 spiro atoms. The molecule has 0 aromatic heterocycles. The zero-order valence-electron chi connectivity index (χ0n) is 46.2. The Morgan fingerprint density at radius 2 is 0.700 bits per heavy atom. The maximum absolute atomic E-state index is 13.2. The maximum atomic E-state index is 13.2. The molecule has 8 rings (SSSR count). The average molecular weight is 1100 g/mol. The van der Waals surface area contributed by atoms with Crippen LogP contribution in [0.15, 0.2) is 97.1 Å². The second-order valence-corrected chi connectivity index (χ2v) is 21.5. The monoisotopic (exact) mass is 1100 g/mol. The van der Waals surface area contributed by atoms with Crippen molar-refractivity contribution in [1.82, 2.24) is 0 Å². The predicted octanol–water partition coefficient (Wildman–Crippen LogP) is 15.9. The van der Waals surface area contributed by atoms with Crippen LogP contribution in [0.3, 0.4) is 0 Å². The molecule has 0 unspecified atom stereocenters. The van der Waals surface area contributed by atoms with Crippen LogP contribution in [0.2, 0.25) is 0 Å². The molecule has 0 saturated carbocycles. The van der Waals surface area contributed by atoms with Crippen LogP contribution in [0, 0.1) is 0 Å². The molecule has 80 heavy (non-hydrogen) atoms. The number of Topliss-reactive ketones (excluding diaryl/α,β-unsaturated/α-hetero) is 2. The van der Waals surface area contributed by atoms with Gasteiger partial charge in [-0.05, 0) is 73.2 Å². The molecule has 428 valence electrons. The SMILES string of the molecule is CCCCCCCCCCCC(=O)c1c(O)cc(O)c([C@@H]2C[C@H](c3ccc(O)cc3)Oc3cc(O)ccc32)c1O.CCCCCCCCCCCC(=O)c1c(O)cc(O)c([C@@H]2C[C@H](c3ccc(O)cc3)Oc3cc(O)ccc32)c1O. The van der Waals surface area contributed by atoms with Crippen molar-refractivity contribution in [2.75, 3.05) is 0 Å². The van der Waals surface area contributed by atoms with Crippen LogP contribution in [-0.2, 0) is 0 Å². The molecular formula is C66H80O14. The van der Waals surface area contributed by atoms with Crippen molar-refractivity contribution >= 4 is 11.6 Å². The normalized spacial score (nSPS) is 16.3. The molecular weight excluding hydrogens is 1020 g/mol. The van der Waals surface area contributed by atoms with Crippen molar-refractivity contribution in [2.45, 2.75) is 179 Å². The van der Waals surface area contributed by atoms with E-state index in [-0.39, 0.29) is 81.2 Å². The third kappa shape index (κ3) is 15.3. The van der Waals surface area contributed by atoms with Gasteiger partial charge in [0, 0.05) is 71.2 Å². The number of phenolic OH excluding ortho intramolecular Hbond substituents is 10. The first-order valence-electron chi connectivity index (χ1n) is 28.8. The van der Waals surface area contributed by atoms with Gasteiger partial charge in [0.1, 0.15) is 92.3 Å². The van der Waals surface area contributed by atoms with Crippen molar-refractivity contribution in [3.05, 3.63) is 142 Å². The fraction of sp³-hybridized carbons (Fsp3) is 0.424. The number of ether oxygens (including phenoxy) is 2. The highest BCUT2D eigenvalue weighted by atomic mass is 16.5. The highest BCUT2D eigenvalue weighted by molar-refractivity contribution is 6.02. The smallest absolute Gasteiger partial charge is 0.170 e. The molecule has 2 aliphatic rings. The Morgan fingerprint density at radius 3 is 1.04 bits per heavy atom. The van der Waals surface area contributed by atoms with E-state index in [9.17, 15) is 60.7 Å². The number of carbonyl (C=O) groups excluding carboxylic acids is 2. The number of benzene rings is 6. The topological polar surface area (TPSA) is 255 Å². The number of ketones is 2. The van der Waals surface area contributed by atoms with E-state index < -0.39 is 47.0 Å². The van der Waals surface area contributed by atoms with E-state index >= 15 is 0 Å². The van der Waals surface area contributed by atoms with Gasteiger partial charge in [0.25, 0.3) is 0 Å². The lowest BCUT2D eigenvalue weighted by molar-refractivity contribution is 0.0964. The molecule has 0 radical (unpaired) electrons. The van der Waals surface area contributed by atoms with Crippen molar-refractivity contribution in [3.8, 4) is 69.0 Å². The molecule has 0 bridgehead atoms. The molecule has 6 aromatic carbocycles. The lowest BCUT2D eigenvalue weighted by atomic mass is 9.80. The van der Waals surface area contributed by atoms with E-state index in [1.807, 2.05) is 0 Å². The van der Waals surface area contributed by atoms with Crippen LogP contribution in [0.1, 0.15) is 233 Å². The van der Waals surface area contributed by atoms with Crippen molar-refractivity contribution in [2.24, 2.45) is 0 Å². The van der Waals surface area contributed by atoms with Gasteiger partial charge in [-0.3, -0.25) is 9.59 Å². The number of aromatic hydroxyl groups is 10. The first kappa shape index (κ1) is 59.9. The van der Waals surface area contributed by atoms with Gasteiger partial charge in [0.2, 0.25) is 0 Å². The Bertz CT molecular complexity index is 2800. The van der Waals surface area contributed by atoms with E-state index in [4.69, 9.17) is 9.47 Å². The molecule has 2 aliphatic heterocycles. The van der Waals surface area contributed by atoms with Gasteiger partial charge in [0.15, 0.2) is 11.6 Å². The zero-order valence-corrected chi connectivity index (χ0v) is 46.2. The molecule has 14 heteroatoms. The summed E-state index contributed by atoms with van der Waals surface area (Å²) in [5.41, 5.74) is 2.68. The van der Waals surface area contributed by atoms with Crippen LogP contribution >= 0.6 is 0 Å². The Hall–Kier alpha value is -7.74. The highest BCUT2D eigenvalue weighted by Gasteiger charge is 2.38. The number of unbranched alkanes of at least 4 members (excludes halogenated alkanes) is 16. The van der Waals surface area contributed by atoms with Gasteiger partial charge in [0.05, 0.1) is 0 Å². The Balaban J connectivity index is 0.000000231. The molecule has 0 fully saturated rings. The summed E-state index contributed by atoms with van der Waals surface area (Å²) in [6.07, 6.45) is 19.9. The van der Waals surface area contributed by atoms with Crippen LogP contribution in [0.4, 0.5) is 0 Å². The minimum Gasteiger partial charge on any atom is -0.508 e. The Kier molecular flexibility index (Phi) is 21.7. The average Bonchev–Trinajstić information content (AvgIpc) is 3.43. The number of fused-ring (bicyclic) bond motifs is 2. The summed E-state index contributed by atoms with van der Waals surface area (Å²) in [4.78, 5) is 26.3. The number of rotatable bonds is 26. The largest absolute Gasteiger partial charge is 0.508 e. The summed E-state index contributed by atoms with van der Waals surface area (Å²) < 4.78 is 12.3. The fourth-order valence-electron chi connectivity index (χ4n) is 11.2. The third-order valence-corrected chi connectivity index (χ3v) is 15.6. The summed E-state index contributed by atoms with van der Waals surface area (Å²) in [6, 6.07) is 24.6. The molecule has 10 N–H and O–H groups in total. The summed E-state index contributed by atoms with van der Waals surface area (Å²) in [5.74, 6) is -3.38. The quantitative estimate of drug-likeness (QED) is 0.0179.